The molecule has 0 spiro atoms. The van der Waals surface area contributed by atoms with Gasteiger partial charge < -0.3 is 4.90 Å². The monoisotopic (exact) mass is 477 g/mol. The maximum Gasteiger partial charge on any atom is 0.244 e. The lowest BCUT2D eigenvalue weighted by atomic mass is 10.2. The van der Waals surface area contributed by atoms with Gasteiger partial charge in [-0.3, -0.25) is 4.79 Å². The molecule has 1 aromatic carbocycles. The molecule has 1 amide bonds. The molecule has 0 N–H and O–H groups in total. The van der Waals surface area contributed by atoms with Gasteiger partial charge in [0.25, 0.3) is 0 Å². The van der Waals surface area contributed by atoms with Crippen molar-refractivity contribution in [3.05, 3.63) is 42.6 Å². The highest BCUT2D eigenvalue weighted by atomic mass is 32.2. The SMILES string of the molecule is C[C@@H]1CCN(C(=O)CSc2ccc(S(=O)(=O)N3CCCCC3)cn2)c2ccccc2S1. The molecule has 2 aliphatic rings. The third-order valence-electron chi connectivity index (χ3n) is 5.55. The molecule has 0 saturated carbocycles. The second-order valence-electron chi connectivity index (χ2n) is 7.82. The van der Waals surface area contributed by atoms with Crippen LogP contribution in [0.3, 0.4) is 0 Å². The lowest BCUT2D eigenvalue weighted by molar-refractivity contribution is -0.116. The van der Waals surface area contributed by atoms with Crippen LogP contribution in [0.1, 0.15) is 32.6 Å². The van der Waals surface area contributed by atoms with Crippen LogP contribution in [0.5, 0.6) is 0 Å². The Labute approximate surface area is 192 Å². The van der Waals surface area contributed by atoms with Crippen LogP contribution in [0.2, 0.25) is 0 Å². The number of piperidine rings is 1. The number of carbonyl (C=O) groups is 1. The second kappa shape index (κ2) is 9.94. The highest BCUT2D eigenvalue weighted by Gasteiger charge is 2.27. The van der Waals surface area contributed by atoms with Gasteiger partial charge in [0, 0.05) is 36.0 Å². The summed E-state index contributed by atoms with van der Waals surface area (Å²) in [4.78, 5) is 20.5. The summed E-state index contributed by atoms with van der Waals surface area (Å²) in [6, 6.07) is 11.3. The molecule has 0 bridgehead atoms. The lowest BCUT2D eigenvalue weighted by Crippen LogP contribution is -2.35. The van der Waals surface area contributed by atoms with Gasteiger partial charge in [-0.05, 0) is 43.5 Å². The Kier molecular flexibility index (Phi) is 7.26. The Morgan fingerprint density at radius 2 is 1.90 bits per heavy atom. The van der Waals surface area contributed by atoms with Crippen molar-refractivity contribution in [2.45, 2.75) is 52.7 Å². The minimum absolute atomic E-state index is 0.0407. The number of pyridine rings is 1. The van der Waals surface area contributed by atoms with Gasteiger partial charge in [0.15, 0.2) is 0 Å². The number of benzene rings is 1. The van der Waals surface area contributed by atoms with Gasteiger partial charge in [-0.1, -0.05) is 37.2 Å². The third kappa shape index (κ3) is 5.27. The molecule has 0 aliphatic carbocycles. The zero-order valence-corrected chi connectivity index (χ0v) is 20.0. The quantitative estimate of drug-likeness (QED) is 0.599. The minimum atomic E-state index is -3.49. The summed E-state index contributed by atoms with van der Waals surface area (Å²) in [5, 5.41) is 1.11. The summed E-state index contributed by atoms with van der Waals surface area (Å²) < 4.78 is 27.1. The molecule has 2 aliphatic heterocycles. The maximum absolute atomic E-state index is 13.0. The summed E-state index contributed by atoms with van der Waals surface area (Å²) in [6.07, 6.45) is 5.24. The number of sulfonamides is 1. The third-order valence-corrected chi connectivity index (χ3v) is 9.60. The average Bonchev–Trinajstić information content (AvgIpc) is 2.96. The number of rotatable bonds is 5. The highest BCUT2D eigenvalue weighted by Crippen LogP contribution is 2.37. The fraction of sp³-hybridized carbons (Fsp3) is 0.455. The zero-order valence-electron chi connectivity index (χ0n) is 17.6. The smallest absolute Gasteiger partial charge is 0.244 e. The molecule has 166 valence electrons. The van der Waals surface area contributed by atoms with E-state index in [-0.39, 0.29) is 16.6 Å². The molecule has 0 radical (unpaired) electrons. The van der Waals surface area contributed by atoms with E-state index in [1.165, 1.54) is 18.0 Å². The van der Waals surface area contributed by atoms with E-state index in [1.54, 1.807) is 16.4 Å². The predicted octanol–water partition coefficient (Wildman–Crippen LogP) is 4.27. The highest BCUT2D eigenvalue weighted by molar-refractivity contribution is 8.00. The molecule has 1 atom stereocenters. The number of anilines is 1. The Balaban J connectivity index is 1.41. The number of aromatic nitrogens is 1. The van der Waals surface area contributed by atoms with Crippen molar-refractivity contribution in [3.63, 3.8) is 0 Å². The fourth-order valence-corrected chi connectivity index (χ4v) is 7.11. The normalized spacial score (nSPS) is 20.2. The van der Waals surface area contributed by atoms with Gasteiger partial charge >= 0.3 is 0 Å². The van der Waals surface area contributed by atoms with Gasteiger partial charge in [-0.25, -0.2) is 13.4 Å². The lowest BCUT2D eigenvalue weighted by Gasteiger charge is -2.25. The van der Waals surface area contributed by atoms with Crippen molar-refractivity contribution in [2.24, 2.45) is 0 Å². The van der Waals surface area contributed by atoms with Crippen LogP contribution in [-0.2, 0) is 14.8 Å². The van der Waals surface area contributed by atoms with E-state index in [1.807, 2.05) is 34.9 Å². The standard InChI is InChI=1S/C22H27N3O3S3/c1-17-11-14-25(19-7-3-4-8-20(19)30-17)22(26)16-29-21-10-9-18(15-23-21)31(27,28)24-12-5-2-6-13-24/h3-4,7-10,15,17H,2,5-6,11-14,16H2,1H3/t17-/m1/s1. The first-order chi connectivity index (χ1) is 14.9. The van der Waals surface area contributed by atoms with Crippen molar-refractivity contribution in [3.8, 4) is 0 Å². The molecule has 0 unspecified atom stereocenters. The number of fused-ring (bicyclic) bond motifs is 1. The number of hydrogen-bond donors (Lipinski definition) is 0. The summed E-state index contributed by atoms with van der Waals surface area (Å²) in [5.41, 5.74) is 0.971. The van der Waals surface area contributed by atoms with Crippen molar-refractivity contribution in [1.29, 1.82) is 0 Å². The van der Waals surface area contributed by atoms with Crippen LogP contribution in [-0.4, -0.2) is 54.3 Å². The number of hydrogen-bond acceptors (Lipinski definition) is 6. The van der Waals surface area contributed by atoms with Crippen LogP contribution in [0.15, 0.2) is 57.4 Å². The molecule has 9 heteroatoms. The first-order valence-corrected chi connectivity index (χ1v) is 13.9. The molecular weight excluding hydrogens is 450 g/mol. The number of carbonyl (C=O) groups excluding carboxylic acids is 1. The van der Waals surface area contributed by atoms with Crippen molar-refractivity contribution in [2.75, 3.05) is 30.3 Å². The molecule has 31 heavy (non-hydrogen) atoms. The molecular formula is C22H27N3O3S3. The van der Waals surface area contributed by atoms with Crippen LogP contribution in [0.25, 0.3) is 0 Å². The number of para-hydroxylation sites is 1. The first kappa shape index (κ1) is 22.6. The van der Waals surface area contributed by atoms with Gasteiger partial charge in [-0.15, -0.1) is 11.8 Å². The van der Waals surface area contributed by atoms with Crippen LogP contribution in [0.4, 0.5) is 5.69 Å². The van der Waals surface area contributed by atoms with Gasteiger partial charge in [0.2, 0.25) is 15.9 Å². The van der Waals surface area contributed by atoms with Crippen LogP contribution >= 0.6 is 23.5 Å². The molecule has 1 fully saturated rings. The van der Waals surface area contributed by atoms with E-state index < -0.39 is 10.0 Å². The summed E-state index contributed by atoms with van der Waals surface area (Å²) >= 11 is 3.15. The Morgan fingerprint density at radius 1 is 1.13 bits per heavy atom. The van der Waals surface area contributed by atoms with E-state index >= 15 is 0 Å². The van der Waals surface area contributed by atoms with Crippen LogP contribution in [0, 0.1) is 0 Å². The summed E-state index contributed by atoms with van der Waals surface area (Å²) in [6.45, 7) is 4.03. The first-order valence-electron chi connectivity index (χ1n) is 10.6. The van der Waals surface area contributed by atoms with E-state index in [4.69, 9.17) is 0 Å². The largest absolute Gasteiger partial charge is 0.311 e. The molecule has 6 nitrogen and oxygen atoms in total. The molecule has 1 aromatic heterocycles. The molecule has 4 rings (SSSR count). The van der Waals surface area contributed by atoms with Crippen molar-refractivity contribution >= 4 is 45.1 Å². The van der Waals surface area contributed by atoms with E-state index in [0.717, 1.165) is 36.3 Å². The van der Waals surface area contributed by atoms with E-state index in [2.05, 4.69) is 18.0 Å². The molecule has 3 heterocycles. The maximum atomic E-state index is 13.0. The zero-order chi connectivity index (χ0) is 21.8. The van der Waals surface area contributed by atoms with Gasteiger partial charge in [0.1, 0.15) is 4.90 Å². The van der Waals surface area contributed by atoms with E-state index in [0.29, 0.717) is 29.9 Å². The van der Waals surface area contributed by atoms with Crippen LogP contribution < -0.4 is 4.90 Å². The Morgan fingerprint density at radius 3 is 2.65 bits per heavy atom. The fourth-order valence-electron chi connectivity index (χ4n) is 3.82. The van der Waals surface area contributed by atoms with Crippen molar-refractivity contribution in [1.82, 2.24) is 9.29 Å². The number of nitrogens with zero attached hydrogens (tertiary/aromatic N) is 3. The predicted molar refractivity (Wildman–Crippen MR) is 126 cm³/mol. The summed E-state index contributed by atoms with van der Waals surface area (Å²) in [7, 11) is -3.49. The average molecular weight is 478 g/mol. The number of amides is 1. The molecule has 1 saturated heterocycles. The number of thioether (sulfide) groups is 2. The summed E-state index contributed by atoms with van der Waals surface area (Å²) in [5.74, 6) is 0.303. The van der Waals surface area contributed by atoms with Gasteiger partial charge in [0.05, 0.1) is 16.5 Å². The van der Waals surface area contributed by atoms with Crippen molar-refractivity contribution < 1.29 is 13.2 Å². The Bertz CT molecular complexity index is 1020. The second-order valence-corrected chi connectivity index (χ2v) is 12.2. The Hall–Kier alpha value is -1.55. The minimum Gasteiger partial charge on any atom is -0.311 e. The molecule has 2 aromatic rings. The van der Waals surface area contributed by atoms with E-state index in [9.17, 15) is 13.2 Å². The van der Waals surface area contributed by atoms with Gasteiger partial charge in [-0.2, -0.15) is 4.31 Å². The topological polar surface area (TPSA) is 70.6 Å².